The maximum Gasteiger partial charge on any atom is 0.0584 e. The van der Waals surface area contributed by atoms with Gasteiger partial charge in [0, 0.05) is 18.8 Å². The van der Waals surface area contributed by atoms with Crippen molar-refractivity contribution in [1.29, 1.82) is 0 Å². The van der Waals surface area contributed by atoms with Gasteiger partial charge in [-0.3, -0.25) is 4.98 Å². The molecule has 0 radical (unpaired) electrons. The molecular formula is C12H20N2O. The molecule has 1 atom stereocenters. The summed E-state index contributed by atoms with van der Waals surface area (Å²) in [6, 6.07) is 6.03. The molecule has 0 amide bonds. The standard InChI is InChI=1S/C12H20N2O/c1-10(2)7-12(9-15)14-8-11-5-3-4-6-13-11/h3-6,10,12,14-15H,7-9H2,1-2H3/t12-/m0/s1. The van der Waals surface area contributed by atoms with Gasteiger partial charge in [-0.2, -0.15) is 0 Å². The van der Waals surface area contributed by atoms with Gasteiger partial charge in [0.15, 0.2) is 0 Å². The molecule has 0 unspecified atom stereocenters. The van der Waals surface area contributed by atoms with Crippen LogP contribution >= 0.6 is 0 Å². The molecular weight excluding hydrogens is 188 g/mol. The van der Waals surface area contributed by atoms with Crippen molar-refractivity contribution in [2.45, 2.75) is 32.9 Å². The first-order valence-electron chi connectivity index (χ1n) is 5.46. The van der Waals surface area contributed by atoms with Crippen molar-refractivity contribution in [1.82, 2.24) is 10.3 Å². The van der Waals surface area contributed by atoms with Gasteiger partial charge in [-0.15, -0.1) is 0 Å². The Morgan fingerprint density at radius 3 is 2.73 bits per heavy atom. The molecule has 1 rings (SSSR count). The van der Waals surface area contributed by atoms with Gasteiger partial charge < -0.3 is 10.4 Å². The highest BCUT2D eigenvalue weighted by Gasteiger charge is 2.08. The molecule has 2 N–H and O–H groups in total. The molecule has 1 aromatic heterocycles. The van der Waals surface area contributed by atoms with Crippen LogP contribution in [0.25, 0.3) is 0 Å². The molecule has 0 spiro atoms. The van der Waals surface area contributed by atoms with E-state index in [1.807, 2.05) is 18.2 Å². The zero-order valence-electron chi connectivity index (χ0n) is 9.48. The Labute approximate surface area is 91.5 Å². The molecule has 3 nitrogen and oxygen atoms in total. The highest BCUT2D eigenvalue weighted by molar-refractivity contribution is 5.03. The molecule has 0 bridgehead atoms. The van der Waals surface area contributed by atoms with Crippen molar-refractivity contribution in [2.24, 2.45) is 5.92 Å². The van der Waals surface area contributed by atoms with Gasteiger partial charge in [-0.05, 0) is 24.5 Å². The van der Waals surface area contributed by atoms with Crippen LogP contribution in [-0.4, -0.2) is 22.7 Å². The van der Waals surface area contributed by atoms with Gasteiger partial charge in [-0.1, -0.05) is 19.9 Å². The average molecular weight is 208 g/mol. The summed E-state index contributed by atoms with van der Waals surface area (Å²) in [7, 11) is 0. The predicted molar refractivity (Wildman–Crippen MR) is 61.4 cm³/mol. The van der Waals surface area contributed by atoms with E-state index in [4.69, 9.17) is 0 Å². The summed E-state index contributed by atoms with van der Waals surface area (Å²) in [5.74, 6) is 0.596. The lowest BCUT2D eigenvalue weighted by atomic mass is 10.0. The summed E-state index contributed by atoms with van der Waals surface area (Å²) in [5, 5.41) is 12.5. The molecule has 3 heteroatoms. The third-order valence-corrected chi connectivity index (χ3v) is 2.27. The lowest BCUT2D eigenvalue weighted by Gasteiger charge is -2.17. The number of nitrogens with one attached hydrogen (secondary N) is 1. The van der Waals surface area contributed by atoms with Gasteiger partial charge in [-0.25, -0.2) is 0 Å². The quantitative estimate of drug-likeness (QED) is 0.746. The molecule has 0 aliphatic rings. The number of nitrogens with zero attached hydrogens (tertiary/aromatic N) is 1. The Morgan fingerprint density at radius 1 is 1.40 bits per heavy atom. The number of hydrogen-bond acceptors (Lipinski definition) is 3. The molecule has 0 fully saturated rings. The second-order valence-corrected chi connectivity index (χ2v) is 4.21. The average Bonchev–Trinajstić information content (AvgIpc) is 2.25. The van der Waals surface area contributed by atoms with Gasteiger partial charge in [0.05, 0.1) is 12.3 Å². The fourth-order valence-electron chi connectivity index (χ4n) is 1.54. The van der Waals surface area contributed by atoms with Crippen LogP contribution in [-0.2, 0) is 6.54 Å². The molecule has 0 aromatic carbocycles. The third kappa shape index (κ3) is 4.91. The van der Waals surface area contributed by atoms with Crippen molar-refractivity contribution in [2.75, 3.05) is 6.61 Å². The Morgan fingerprint density at radius 2 is 2.20 bits per heavy atom. The summed E-state index contributed by atoms with van der Waals surface area (Å²) >= 11 is 0. The zero-order chi connectivity index (χ0) is 11.1. The molecule has 15 heavy (non-hydrogen) atoms. The summed E-state index contributed by atoms with van der Waals surface area (Å²) in [6.45, 7) is 5.22. The Bertz CT molecular complexity index is 262. The number of aliphatic hydroxyl groups excluding tert-OH is 1. The zero-order valence-corrected chi connectivity index (χ0v) is 9.48. The number of aliphatic hydroxyl groups is 1. The van der Waals surface area contributed by atoms with Crippen LogP contribution in [0.1, 0.15) is 26.0 Å². The van der Waals surface area contributed by atoms with E-state index in [1.54, 1.807) is 6.20 Å². The number of rotatable bonds is 6. The molecule has 1 heterocycles. The number of aromatic nitrogens is 1. The molecule has 0 saturated carbocycles. The van der Waals surface area contributed by atoms with E-state index in [0.29, 0.717) is 5.92 Å². The Hall–Kier alpha value is -0.930. The molecule has 84 valence electrons. The lowest BCUT2D eigenvalue weighted by molar-refractivity contribution is 0.223. The van der Waals surface area contributed by atoms with Crippen LogP contribution in [0, 0.1) is 5.92 Å². The molecule has 0 aliphatic heterocycles. The third-order valence-electron chi connectivity index (χ3n) is 2.27. The van der Waals surface area contributed by atoms with Crippen LogP contribution in [0.15, 0.2) is 24.4 Å². The van der Waals surface area contributed by atoms with Crippen LogP contribution in [0.3, 0.4) is 0 Å². The minimum absolute atomic E-state index is 0.173. The van der Waals surface area contributed by atoms with Crippen LogP contribution in [0.2, 0.25) is 0 Å². The van der Waals surface area contributed by atoms with E-state index in [-0.39, 0.29) is 12.6 Å². The molecule has 0 aliphatic carbocycles. The minimum Gasteiger partial charge on any atom is -0.395 e. The van der Waals surface area contributed by atoms with Crippen molar-refractivity contribution in [3.63, 3.8) is 0 Å². The Balaban J connectivity index is 2.34. The van der Waals surface area contributed by atoms with E-state index < -0.39 is 0 Å². The van der Waals surface area contributed by atoms with Crippen LogP contribution in [0.5, 0.6) is 0 Å². The van der Waals surface area contributed by atoms with E-state index in [2.05, 4.69) is 24.1 Å². The second-order valence-electron chi connectivity index (χ2n) is 4.21. The SMILES string of the molecule is CC(C)C[C@@H](CO)NCc1ccccn1. The lowest BCUT2D eigenvalue weighted by Crippen LogP contribution is -2.33. The largest absolute Gasteiger partial charge is 0.395 e. The van der Waals surface area contributed by atoms with Gasteiger partial charge in [0.25, 0.3) is 0 Å². The number of hydrogen-bond donors (Lipinski definition) is 2. The Kier molecular flexibility index (Phi) is 5.29. The summed E-state index contributed by atoms with van der Waals surface area (Å²) in [6.07, 6.45) is 2.77. The minimum atomic E-state index is 0.173. The van der Waals surface area contributed by atoms with E-state index in [1.165, 1.54) is 0 Å². The summed E-state index contributed by atoms with van der Waals surface area (Å²) < 4.78 is 0. The summed E-state index contributed by atoms with van der Waals surface area (Å²) in [4.78, 5) is 4.22. The van der Waals surface area contributed by atoms with Crippen molar-refractivity contribution >= 4 is 0 Å². The van der Waals surface area contributed by atoms with E-state index in [9.17, 15) is 5.11 Å². The molecule has 0 saturated heterocycles. The second kappa shape index (κ2) is 6.53. The monoisotopic (exact) mass is 208 g/mol. The maximum absolute atomic E-state index is 9.17. The molecule has 1 aromatic rings. The fourth-order valence-corrected chi connectivity index (χ4v) is 1.54. The van der Waals surface area contributed by atoms with Crippen LogP contribution < -0.4 is 5.32 Å². The van der Waals surface area contributed by atoms with Crippen molar-refractivity contribution in [3.05, 3.63) is 30.1 Å². The first-order valence-corrected chi connectivity index (χ1v) is 5.46. The van der Waals surface area contributed by atoms with E-state index in [0.717, 1.165) is 18.7 Å². The first-order chi connectivity index (χ1) is 7.22. The smallest absolute Gasteiger partial charge is 0.0584 e. The first kappa shape index (κ1) is 12.1. The summed E-state index contributed by atoms with van der Waals surface area (Å²) in [5.41, 5.74) is 1.01. The number of pyridine rings is 1. The van der Waals surface area contributed by atoms with Crippen molar-refractivity contribution in [3.8, 4) is 0 Å². The van der Waals surface area contributed by atoms with Gasteiger partial charge in [0.2, 0.25) is 0 Å². The predicted octanol–water partition coefficient (Wildman–Crippen LogP) is 1.58. The fraction of sp³-hybridized carbons (Fsp3) is 0.583. The van der Waals surface area contributed by atoms with Crippen molar-refractivity contribution < 1.29 is 5.11 Å². The normalized spacial score (nSPS) is 13.1. The topological polar surface area (TPSA) is 45.1 Å². The highest BCUT2D eigenvalue weighted by atomic mass is 16.3. The maximum atomic E-state index is 9.17. The van der Waals surface area contributed by atoms with E-state index >= 15 is 0 Å². The van der Waals surface area contributed by atoms with Gasteiger partial charge in [0.1, 0.15) is 0 Å². The highest BCUT2D eigenvalue weighted by Crippen LogP contribution is 2.04. The van der Waals surface area contributed by atoms with Gasteiger partial charge >= 0.3 is 0 Å². The van der Waals surface area contributed by atoms with Crippen LogP contribution in [0.4, 0.5) is 0 Å².